The number of carbonyl (C=O) groups is 2. The minimum Gasteiger partial charge on any atom is -0.399 e. The predicted octanol–water partition coefficient (Wildman–Crippen LogP) is 2.98. The van der Waals surface area contributed by atoms with Crippen molar-refractivity contribution in [3.05, 3.63) is 29.8 Å². The predicted molar refractivity (Wildman–Crippen MR) is 126 cm³/mol. The number of nitriles is 1. The standard InChI is InChI=1S/C25H34BN3O4/c1-22(2)23(3,4)33-26(32-22)19-11-9-18(10-12-19)20(30)28-25(13-7-5-6-8-14-25)21(31)29-24(17-27)15-16-24/h9-12H,5-8,13-16H2,1-4H3,(H,28,30)(H,29,31). The molecule has 176 valence electrons. The minimum absolute atomic E-state index is 0.231. The molecule has 1 heterocycles. The van der Waals surface area contributed by atoms with Gasteiger partial charge in [0.25, 0.3) is 5.91 Å². The molecule has 2 aliphatic carbocycles. The molecular formula is C25H34BN3O4. The van der Waals surface area contributed by atoms with Crippen molar-refractivity contribution >= 4 is 24.4 Å². The Hall–Kier alpha value is -2.37. The number of hydrogen-bond donors (Lipinski definition) is 2. The van der Waals surface area contributed by atoms with Gasteiger partial charge < -0.3 is 19.9 Å². The van der Waals surface area contributed by atoms with Crippen LogP contribution < -0.4 is 16.1 Å². The highest BCUT2D eigenvalue weighted by Crippen LogP contribution is 2.37. The first-order valence-corrected chi connectivity index (χ1v) is 12.0. The molecule has 1 aromatic rings. The third kappa shape index (κ3) is 4.67. The third-order valence-corrected chi connectivity index (χ3v) is 7.76. The van der Waals surface area contributed by atoms with Crippen molar-refractivity contribution in [2.24, 2.45) is 0 Å². The summed E-state index contributed by atoms with van der Waals surface area (Å²) < 4.78 is 12.2. The van der Waals surface area contributed by atoms with E-state index in [1.807, 2.05) is 39.8 Å². The van der Waals surface area contributed by atoms with Crippen LogP contribution in [0.5, 0.6) is 0 Å². The molecule has 33 heavy (non-hydrogen) atoms. The molecule has 3 fully saturated rings. The summed E-state index contributed by atoms with van der Waals surface area (Å²) in [6, 6.07) is 9.39. The number of benzene rings is 1. The van der Waals surface area contributed by atoms with E-state index in [-0.39, 0.29) is 11.8 Å². The van der Waals surface area contributed by atoms with Gasteiger partial charge in [-0.15, -0.1) is 0 Å². The summed E-state index contributed by atoms with van der Waals surface area (Å²) >= 11 is 0. The Morgan fingerprint density at radius 1 is 0.879 bits per heavy atom. The number of nitrogens with one attached hydrogen (secondary N) is 2. The Labute approximate surface area is 196 Å². The fourth-order valence-corrected chi connectivity index (χ4v) is 4.53. The molecular weight excluding hydrogens is 417 g/mol. The van der Waals surface area contributed by atoms with Gasteiger partial charge in [0.05, 0.1) is 17.3 Å². The number of carbonyl (C=O) groups excluding carboxylic acids is 2. The van der Waals surface area contributed by atoms with Crippen LogP contribution in [0.25, 0.3) is 0 Å². The normalized spacial score (nSPS) is 24.3. The quantitative estimate of drug-likeness (QED) is 0.530. The highest BCUT2D eigenvalue weighted by molar-refractivity contribution is 6.62. The fraction of sp³-hybridized carbons (Fsp3) is 0.640. The van der Waals surface area contributed by atoms with Gasteiger partial charge in [-0.2, -0.15) is 5.26 Å². The second-order valence-electron chi connectivity index (χ2n) is 10.8. The summed E-state index contributed by atoms with van der Waals surface area (Å²) in [6.07, 6.45) is 6.31. The van der Waals surface area contributed by atoms with Gasteiger partial charge in [-0.1, -0.05) is 37.8 Å². The van der Waals surface area contributed by atoms with Gasteiger partial charge in [-0.05, 0) is 71.0 Å². The average molecular weight is 451 g/mol. The van der Waals surface area contributed by atoms with Crippen molar-refractivity contribution in [2.75, 3.05) is 0 Å². The zero-order valence-corrected chi connectivity index (χ0v) is 20.1. The van der Waals surface area contributed by atoms with Crippen molar-refractivity contribution in [1.82, 2.24) is 10.6 Å². The van der Waals surface area contributed by atoms with E-state index in [1.54, 1.807) is 12.1 Å². The van der Waals surface area contributed by atoms with E-state index in [4.69, 9.17) is 9.31 Å². The first-order chi connectivity index (χ1) is 15.5. The summed E-state index contributed by atoms with van der Waals surface area (Å²) in [7, 11) is -0.494. The molecule has 2 N–H and O–H groups in total. The van der Waals surface area contributed by atoms with Crippen molar-refractivity contribution in [2.45, 2.75) is 101 Å². The highest BCUT2D eigenvalue weighted by Gasteiger charge is 2.52. The lowest BCUT2D eigenvalue weighted by Gasteiger charge is -2.33. The van der Waals surface area contributed by atoms with Crippen LogP contribution in [-0.4, -0.2) is 41.2 Å². The van der Waals surface area contributed by atoms with E-state index in [0.29, 0.717) is 31.2 Å². The van der Waals surface area contributed by atoms with E-state index < -0.39 is 29.4 Å². The summed E-state index contributed by atoms with van der Waals surface area (Å²) in [4.78, 5) is 26.5. The van der Waals surface area contributed by atoms with Crippen LogP contribution in [-0.2, 0) is 14.1 Å². The monoisotopic (exact) mass is 451 g/mol. The van der Waals surface area contributed by atoms with Crippen LogP contribution in [0.4, 0.5) is 0 Å². The summed E-state index contributed by atoms with van der Waals surface area (Å²) in [5, 5.41) is 15.4. The van der Waals surface area contributed by atoms with Crippen LogP contribution >= 0.6 is 0 Å². The van der Waals surface area contributed by atoms with Crippen LogP contribution in [0.1, 0.15) is 89.4 Å². The molecule has 2 saturated carbocycles. The maximum Gasteiger partial charge on any atom is 0.494 e. The largest absolute Gasteiger partial charge is 0.494 e. The molecule has 2 amide bonds. The molecule has 7 nitrogen and oxygen atoms in total. The first kappa shape index (κ1) is 23.8. The molecule has 1 aliphatic heterocycles. The molecule has 3 aliphatic rings. The molecule has 0 atom stereocenters. The van der Waals surface area contributed by atoms with Crippen LogP contribution in [0.15, 0.2) is 24.3 Å². The summed E-state index contributed by atoms with van der Waals surface area (Å²) in [6.45, 7) is 8.02. The zero-order chi connectivity index (χ0) is 23.9. The zero-order valence-electron chi connectivity index (χ0n) is 20.1. The second kappa shape index (κ2) is 8.45. The Balaban J connectivity index is 1.49. The topological polar surface area (TPSA) is 100 Å². The fourth-order valence-electron chi connectivity index (χ4n) is 4.53. The van der Waals surface area contributed by atoms with Gasteiger partial charge in [-0.25, -0.2) is 0 Å². The van der Waals surface area contributed by atoms with Gasteiger partial charge in [0.2, 0.25) is 5.91 Å². The second-order valence-corrected chi connectivity index (χ2v) is 10.8. The van der Waals surface area contributed by atoms with Crippen LogP contribution in [0.2, 0.25) is 0 Å². The minimum atomic E-state index is -0.982. The Morgan fingerprint density at radius 2 is 1.42 bits per heavy atom. The molecule has 8 heteroatoms. The smallest absolute Gasteiger partial charge is 0.399 e. The average Bonchev–Trinajstić information content (AvgIpc) is 3.53. The molecule has 1 saturated heterocycles. The van der Waals surface area contributed by atoms with Gasteiger partial charge in [0, 0.05) is 5.56 Å². The maximum atomic E-state index is 13.3. The number of nitrogens with zero attached hydrogens (tertiary/aromatic N) is 1. The highest BCUT2D eigenvalue weighted by atomic mass is 16.7. The SMILES string of the molecule is CC1(C)OB(c2ccc(C(=O)NC3(C(=O)NC4(C#N)CC4)CCCCCC3)cc2)OC1(C)C. The van der Waals surface area contributed by atoms with Crippen LogP contribution in [0, 0.1) is 11.3 Å². The van der Waals surface area contributed by atoms with E-state index in [2.05, 4.69) is 16.7 Å². The summed E-state index contributed by atoms with van der Waals surface area (Å²) in [5.74, 6) is -0.514. The van der Waals surface area contributed by atoms with Crippen LogP contribution in [0.3, 0.4) is 0 Å². The van der Waals surface area contributed by atoms with Crippen molar-refractivity contribution in [3.63, 3.8) is 0 Å². The van der Waals surface area contributed by atoms with Gasteiger partial charge >= 0.3 is 7.12 Å². The first-order valence-electron chi connectivity index (χ1n) is 12.0. The Kier molecular flexibility index (Phi) is 6.09. The Bertz CT molecular complexity index is 939. The van der Waals surface area contributed by atoms with E-state index in [1.165, 1.54) is 0 Å². The van der Waals surface area contributed by atoms with Gasteiger partial charge in [0.1, 0.15) is 11.1 Å². The number of rotatable bonds is 5. The number of hydrogen-bond acceptors (Lipinski definition) is 5. The third-order valence-electron chi connectivity index (χ3n) is 7.76. The van der Waals surface area contributed by atoms with Crippen molar-refractivity contribution in [1.29, 1.82) is 5.26 Å². The van der Waals surface area contributed by atoms with Gasteiger partial charge in [-0.3, -0.25) is 9.59 Å². The maximum absolute atomic E-state index is 13.3. The molecule has 0 spiro atoms. The lowest BCUT2D eigenvalue weighted by Crippen LogP contribution is -2.60. The lowest BCUT2D eigenvalue weighted by molar-refractivity contribution is -0.128. The van der Waals surface area contributed by atoms with Gasteiger partial charge in [0.15, 0.2) is 0 Å². The molecule has 1 aromatic carbocycles. The molecule has 0 unspecified atom stereocenters. The van der Waals surface area contributed by atoms with E-state index in [0.717, 1.165) is 31.1 Å². The number of amides is 2. The van der Waals surface area contributed by atoms with Crippen molar-refractivity contribution in [3.8, 4) is 6.07 Å². The van der Waals surface area contributed by atoms with E-state index in [9.17, 15) is 14.9 Å². The molecule has 0 bridgehead atoms. The van der Waals surface area contributed by atoms with E-state index >= 15 is 0 Å². The molecule has 0 aromatic heterocycles. The Morgan fingerprint density at radius 3 is 1.91 bits per heavy atom. The molecule has 0 radical (unpaired) electrons. The molecule has 4 rings (SSSR count). The summed E-state index contributed by atoms with van der Waals surface area (Å²) in [5.41, 5.74) is -1.29. The lowest BCUT2D eigenvalue weighted by atomic mass is 9.79. The van der Waals surface area contributed by atoms with Crippen molar-refractivity contribution < 1.29 is 18.9 Å².